The lowest BCUT2D eigenvalue weighted by molar-refractivity contribution is 0.190. The maximum Gasteiger partial charge on any atom is 0.253 e. The topological polar surface area (TPSA) is 98.2 Å². The molecule has 1 N–H and O–H groups in total. The number of H-pyrrole nitrogens is 1. The normalized spacial score (nSPS) is 17.3. The number of fused-ring (bicyclic) bond motifs is 2. The molecule has 3 heterocycles. The Morgan fingerprint density at radius 2 is 1.78 bits per heavy atom. The minimum absolute atomic E-state index is 0.153. The molecule has 2 aliphatic rings. The molecule has 9 nitrogen and oxygen atoms in total. The average Bonchev–Trinajstić information content (AvgIpc) is 3.61. The maximum absolute atomic E-state index is 13.6. The van der Waals surface area contributed by atoms with Gasteiger partial charge in [0.05, 0.1) is 25.8 Å². The average molecular weight is 487 g/mol. The Morgan fingerprint density at radius 3 is 2.56 bits per heavy atom. The van der Waals surface area contributed by atoms with E-state index in [4.69, 9.17) is 9.47 Å². The van der Waals surface area contributed by atoms with Crippen molar-refractivity contribution in [3.05, 3.63) is 75.3 Å². The molecule has 4 aromatic rings. The van der Waals surface area contributed by atoms with Gasteiger partial charge in [-0.25, -0.2) is 4.68 Å². The molecule has 1 saturated carbocycles. The highest BCUT2D eigenvalue weighted by atomic mass is 16.5. The predicted octanol–water partition coefficient (Wildman–Crippen LogP) is 3.79. The molecule has 0 saturated heterocycles. The maximum atomic E-state index is 13.6. The molecular weight excluding hydrogens is 456 g/mol. The molecule has 9 heteroatoms. The van der Waals surface area contributed by atoms with E-state index in [1.165, 1.54) is 24.0 Å². The molecule has 1 unspecified atom stereocenters. The molecule has 1 atom stereocenters. The molecular formula is C27H30N6O3. The molecule has 0 spiro atoms. The number of methoxy groups -OCH3 is 2. The van der Waals surface area contributed by atoms with Gasteiger partial charge in [-0.1, -0.05) is 37.1 Å². The summed E-state index contributed by atoms with van der Waals surface area (Å²) in [5.74, 6) is 1.91. The fourth-order valence-corrected chi connectivity index (χ4v) is 5.78. The van der Waals surface area contributed by atoms with Crippen molar-refractivity contribution in [2.45, 2.75) is 50.7 Å². The van der Waals surface area contributed by atoms with E-state index >= 15 is 0 Å². The second-order valence-corrected chi connectivity index (χ2v) is 9.66. The number of aromatic amines is 1. The van der Waals surface area contributed by atoms with Crippen LogP contribution in [-0.2, 0) is 13.0 Å². The number of benzene rings is 2. The lowest BCUT2D eigenvalue weighted by atomic mass is 9.95. The lowest BCUT2D eigenvalue weighted by Crippen LogP contribution is -2.39. The standard InChI is InChI=1S/C27H30N6O3/c1-35-23-14-19-13-21(27(34)28-22(19)15-24(23)36-2)25(26-29-30-31-33(26)20-9-5-6-10-20)32-12-11-17-7-3-4-8-18(17)16-32/h3-4,7-8,13-15,20,25H,5-6,9-12,16H2,1-2H3,(H,28,34). The van der Waals surface area contributed by atoms with E-state index in [9.17, 15) is 4.79 Å². The summed E-state index contributed by atoms with van der Waals surface area (Å²) in [6, 6.07) is 14.0. The van der Waals surface area contributed by atoms with Crippen LogP contribution in [0, 0.1) is 0 Å². The molecule has 2 aromatic heterocycles. The van der Waals surface area contributed by atoms with Crippen LogP contribution in [0.1, 0.15) is 60.3 Å². The fraction of sp³-hybridized carbons (Fsp3) is 0.407. The first-order valence-corrected chi connectivity index (χ1v) is 12.5. The first-order chi connectivity index (χ1) is 17.7. The Labute approximate surface area is 209 Å². The summed E-state index contributed by atoms with van der Waals surface area (Å²) >= 11 is 0. The van der Waals surface area contributed by atoms with Gasteiger partial charge in [-0.3, -0.25) is 9.69 Å². The quantitative estimate of drug-likeness (QED) is 0.443. The van der Waals surface area contributed by atoms with E-state index in [0.717, 1.165) is 43.6 Å². The van der Waals surface area contributed by atoms with Gasteiger partial charge in [-0.2, -0.15) is 0 Å². The smallest absolute Gasteiger partial charge is 0.253 e. The number of rotatable bonds is 6. The van der Waals surface area contributed by atoms with E-state index in [1.807, 2.05) is 16.8 Å². The number of pyridine rings is 1. The van der Waals surface area contributed by atoms with Crippen molar-refractivity contribution in [1.82, 2.24) is 30.1 Å². The summed E-state index contributed by atoms with van der Waals surface area (Å²) in [7, 11) is 3.20. The van der Waals surface area contributed by atoms with Crippen molar-refractivity contribution in [3.63, 3.8) is 0 Å². The first kappa shape index (κ1) is 22.7. The van der Waals surface area contributed by atoms with Gasteiger partial charge in [0.25, 0.3) is 5.56 Å². The van der Waals surface area contributed by atoms with E-state index in [-0.39, 0.29) is 17.6 Å². The predicted molar refractivity (Wildman–Crippen MR) is 135 cm³/mol. The largest absolute Gasteiger partial charge is 0.493 e. The Kier molecular flexibility index (Phi) is 5.92. The van der Waals surface area contributed by atoms with Gasteiger partial charge >= 0.3 is 0 Å². The van der Waals surface area contributed by atoms with E-state index < -0.39 is 0 Å². The Bertz CT molecular complexity index is 1460. The van der Waals surface area contributed by atoms with Gasteiger partial charge in [-0.05, 0) is 52.9 Å². The summed E-state index contributed by atoms with van der Waals surface area (Å²) in [6.45, 7) is 1.53. The molecule has 6 rings (SSSR count). The molecule has 1 aliphatic carbocycles. The van der Waals surface area contributed by atoms with Crippen LogP contribution >= 0.6 is 0 Å². The SMILES string of the molecule is COc1cc2cc(C(c3nnnn3C3CCCC3)N3CCc4ccccc4C3)c(=O)[nH]c2cc1OC. The van der Waals surface area contributed by atoms with Crippen LogP contribution in [0.25, 0.3) is 10.9 Å². The highest BCUT2D eigenvalue weighted by Gasteiger charge is 2.34. The minimum Gasteiger partial charge on any atom is -0.493 e. The Balaban J connectivity index is 1.51. The van der Waals surface area contributed by atoms with Crippen molar-refractivity contribution in [2.24, 2.45) is 0 Å². The second-order valence-electron chi connectivity index (χ2n) is 9.66. The Morgan fingerprint density at radius 1 is 1.03 bits per heavy atom. The second kappa shape index (κ2) is 9.39. The molecule has 36 heavy (non-hydrogen) atoms. The molecule has 186 valence electrons. The number of hydrogen-bond donors (Lipinski definition) is 1. The molecule has 1 fully saturated rings. The summed E-state index contributed by atoms with van der Waals surface area (Å²) in [6.07, 6.45) is 5.36. The van der Waals surface area contributed by atoms with Gasteiger partial charge in [0, 0.05) is 30.1 Å². The fourth-order valence-electron chi connectivity index (χ4n) is 5.78. The van der Waals surface area contributed by atoms with Crippen LogP contribution in [0.3, 0.4) is 0 Å². The zero-order valence-electron chi connectivity index (χ0n) is 20.6. The van der Waals surface area contributed by atoms with Crippen LogP contribution < -0.4 is 15.0 Å². The summed E-state index contributed by atoms with van der Waals surface area (Å²) in [4.78, 5) is 19.0. The third kappa shape index (κ3) is 3.93. The van der Waals surface area contributed by atoms with E-state index in [2.05, 4.69) is 49.7 Å². The zero-order valence-corrected chi connectivity index (χ0v) is 20.6. The highest BCUT2D eigenvalue weighted by molar-refractivity contribution is 5.83. The monoisotopic (exact) mass is 486 g/mol. The van der Waals surface area contributed by atoms with Crippen molar-refractivity contribution in [2.75, 3.05) is 20.8 Å². The van der Waals surface area contributed by atoms with Gasteiger partial charge in [0.1, 0.15) is 6.04 Å². The lowest BCUT2D eigenvalue weighted by Gasteiger charge is -2.35. The van der Waals surface area contributed by atoms with Crippen molar-refractivity contribution >= 4 is 10.9 Å². The number of hydrogen-bond acceptors (Lipinski definition) is 7. The van der Waals surface area contributed by atoms with Crippen molar-refractivity contribution in [3.8, 4) is 11.5 Å². The van der Waals surface area contributed by atoms with Crippen LogP contribution in [0.2, 0.25) is 0 Å². The molecule has 0 radical (unpaired) electrons. The number of nitrogens with one attached hydrogen (secondary N) is 1. The highest BCUT2D eigenvalue weighted by Crippen LogP contribution is 2.37. The molecule has 2 aromatic carbocycles. The van der Waals surface area contributed by atoms with Gasteiger partial charge in [-0.15, -0.1) is 5.10 Å². The third-order valence-corrected chi connectivity index (χ3v) is 7.63. The molecule has 0 bridgehead atoms. The number of nitrogens with zero attached hydrogens (tertiary/aromatic N) is 5. The van der Waals surface area contributed by atoms with E-state index in [0.29, 0.717) is 22.6 Å². The summed E-state index contributed by atoms with van der Waals surface area (Å²) in [5.41, 5.74) is 3.80. The molecule has 0 amide bonds. The van der Waals surface area contributed by atoms with Crippen LogP contribution in [0.5, 0.6) is 11.5 Å². The summed E-state index contributed by atoms with van der Waals surface area (Å²) < 4.78 is 12.9. The van der Waals surface area contributed by atoms with Gasteiger partial charge in [0.2, 0.25) is 0 Å². The van der Waals surface area contributed by atoms with Gasteiger partial charge in [0.15, 0.2) is 17.3 Å². The Hall–Kier alpha value is -3.72. The van der Waals surface area contributed by atoms with Crippen LogP contribution in [0.15, 0.2) is 47.3 Å². The summed E-state index contributed by atoms with van der Waals surface area (Å²) in [5, 5.41) is 13.9. The zero-order chi connectivity index (χ0) is 24.6. The van der Waals surface area contributed by atoms with Gasteiger partial charge < -0.3 is 14.5 Å². The van der Waals surface area contributed by atoms with Crippen molar-refractivity contribution in [1.29, 1.82) is 0 Å². The van der Waals surface area contributed by atoms with Crippen LogP contribution in [0.4, 0.5) is 0 Å². The molecule has 1 aliphatic heterocycles. The van der Waals surface area contributed by atoms with Crippen LogP contribution in [-0.4, -0.2) is 50.9 Å². The first-order valence-electron chi connectivity index (χ1n) is 12.5. The minimum atomic E-state index is -0.379. The van der Waals surface area contributed by atoms with Crippen molar-refractivity contribution < 1.29 is 9.47 Å². The third-order valence-electron chi connectivity index (χ3n) is 7.63. The number of ether oxygens (including phenoxy) is 2. The van der Waals surface area contributed by atoms with E-state index in [1.54, 1.807) is 20.3 Å². The number of tetrazole rings is 1. The number of aromatic nitrogens is 5.